The average Bonchev–Trinajstić information content (AvgIpc) is 2.38. The van der Waals surface area contributed by atoms with Gasteiger partial charge in [-0.25, -0.2) is 0 Å². The number of ether oxygens (including phenoxy) is 1. The van der Waals surface area contributed by atoms with Crippen LogP contribution >= 0.6 is 0 Å². The third-order valence-electron chi connectivity index (χ3n) is 3.26. The van der Waals surface area contributed by atoms with Gasteiger partial charge in [-0.2, -0.15) is 0 Å². The maximum Gasteiger partial charge on any atom is 0.323 e. The smallest absolute Gasteiger partial charge is 0.323 e. The quantitative estimate of drug-likeness (QED) is 0.812. The molecule has 0 amide bonds. The summed E-state index contributed by atoms with van der Waals surface area (Å²) in [5.74, 6) is -0.131. The van der Waals surface area contributed by atoms with Gasteiger partial charge in [-0.1, -0.05) is 31.2 Å². The largest absolute Gasteiger partial charge is 0.462 e. The number of rotatable bonds is 3. The lowest BCUT2D eigenvalue weighted by molar-refractivity contribution is -0.151. The monoisotopic (exact) mass is 233 g/mol. The third kappa shape index (κ3) is 2.86. The lowest BCUT2D eigenvalue weighted by Gasteiger charge is -2.25. The van der Waals surface area contributed by atoms with E-state index in [9.17, 15) is 4.79 Å². The Hall–Kier alpha value is -1.35. The zero-order chi connectivity index (χ0) is 12.3. The van der Waals surface area contributed by atoms with Crippen LogP contribution in [0.2, 0.25) is 0 Å². The maximum atomic E-state index is 11.9. The Bertz CT molecular complexity index is 403. The van der Waals surface area contributed by atoms with Crippen molar-refractivity contribution in [2.75, 3.05) is 0 Å². The van der Waals surface area contributed by atoms with Crippen LogP contribution in [0.4, 0.5) is 0 Å². The molecule has 0 spiro atoms. The van der Waals surface area contributed by atoms with Crippen molar-refractivity contribution in [1.29, 1.82) is 0 Å². The molecular weight excluding hydrogens is 214 g/mol. The van der Waals surface area contributed by atoms with E-state index >= 15 is 0 Å². The van der Waals surface area contributed by atoms with E-state index in [4.69, 9.17) is 4.74 Å². The van der Waals surface area contributed by atoms with Gasteiger partial charge in [0.05, 0.1) is 6.10 Å². The van der Waals surface area contributed by atoms with Crippen LogP contribution in [0.3, 0.4) is 0 Å². The van der Waals surface area contributed by atoms with Crippen LogP contribution in [0.25, 0.3) is 0 Å². The second kappa shape index (κ2) is 5.32. The van der Waals surface area contributed by atoms with Crippen molar-refractivity contribution in [3.05, 3.63) is 35.4 Å². The number of fused-ring (bicyclic) bond motifs is 1. The Kier molecular flexibility index (Phi) is 3.79. The van der Waals surface area contributed by atoms with Gasteiger partial charge in [-0.3, -0.25) is 4.79 Å². The van der Waals surface area contributed by atoms with E-state index in [0.717, 1.165) is 19.4 Å². The molecule has 1 heterocycles. The first-order valence-corrected chi connectivity index (χ1v) is 6.21. The highest BCUT2D eigenvalue weighted by Gasteiger charge is 2.25. The highest BCUT2D eigenvalue weighted by atomic mass is 16.5. The zero-order valence-electron chi connectivity index (χ0n) is 10.4. The first-order chi connectivity index (χ1) is 8.20. The summed E-state index contributed by atoms with van der Waals surface area (Å²) in [4.78, 5) is 11.9. The van der Waals surface area contributed by atoms with Gasteiger partial charge in [-0.05, 0) is 30.9 Å². The molecule has 0 aliphatic carbocycles. The number of hydrogen-bond acceptors (Lipinski definition) is 3. The fourth-order valence-electron chi connectivity index (χ4n) is 1.98. The molecule has 0 radical (unpaired) electrons. The van der Waals surface area contributed by atoms with Crippen molar-refractivity contribution in [2.45, 2.75) is 45.4 Å². The number of carbonyl (C=O) groups excluding carboxylic acids is 1. The van der Waals surface area contributed by atoms with Crippen LogP contribution in [0.1, 0.15) is 31.4 Å². The van der Waals surface area contributed by atoms with E-state index in [0.29, 0.717) is 0 Å². The predicted molar refractivity (Wildman–Crippen MR) is 66.6 cm³/mol. The molecule has 17 heavy (non-hydrogen) atoms. The fraction of sp³-hybridized carbons (Fsp3) is 0.500. The molecule has 0 saturated carbocycles. The predicted octanol–water partition coefficient (Wildman–Crippen LogP) is 2.04. The summed E-state index contributed by atoms with van der Waals surface area (Å²) in [5, 5.41) is 3.23. The number of benzene rings is 1. The Morgan fingerprint density at radius 3 is 2.88 bits per heavy atom. The second-order valence-electron chi connectivity index (χ2n) is 4.56. The van der Waals surface area contributed by atoms with Crippen molar-refractivity contribution in [3.8, 4) is 0 Å². The number of hydrogen-bond donors (Lipinski definition) is 1. The summed E-state index contributed by atoms with van der Waals surface area (Å²) in [6, 6.07) is 8.02. The molecular formula is C14H19NO2. The molecule has 0 fully saturated rings. The van der Waals surface area contributed by atoms with Crippen LogP contribution < -0.4 is 5.32 Å². The normalized spacial score (nSPS) is 20.5. The van der Waals surface area contributed by atoms with Crippen molar-refractivity contribution in [1.82, 2.24) is 5.32 Å². The van der Waals surface area contributed by atoms with Gasteiger partial charge in [0.25, 0.3) is 0 Å². The molecule has 1 aromatic carbocycles. The summed E-state index contributed by atoms with van der Waals surface area (Å²) in [7, 11) is 0. The minimum Gasteiger partial charge on any atom is -0.462 e. The molecule has 3 heteroatoms. The lowest BCUT2D eigenvalue weighted by atomic mass is 9.96. The molecule has 1 unspecified atom stereocenters. The van der Waals surface area contributed by atoms with Crippen molar-refractivity contribution in [2.24, 2.45) is 0 Å². The summed E-state index contributed by atoms with van der Waals surface area (Å²) in [5.41, 5.74) is 2.53. The summed E-state index contributed by atoms with van der Waals surface area (Å²) in [6.07, 6.45) is 1.59. The van der Waals surface area contributed by atoms with E-state index in [-0.39, 0.29) is 18.1 Å². The Balaban J connectivity index is 2.00. The summed E-state index contributed by atoms with van der Waals surface area (Å²) < 4.78 is 5.35. The number of carbonyl (C=O) groups is 1. The second-order valence-corrected chi connectivity index (χ2v) is 4.56. The van der Waals surface area contributed by atoms with E-state index in [1.54, 1.807) is 0 Å². The van der Waals surface area contributed by atoms with Crippen molar-refractivity contribution >= 4 is 5.97 Å². The minimum absolute atomic E-state index is 0.00136. The molecule has 1 aromatic rings. The zero-order valence-corrected chi connectivity index (χ0v) is 10.4. The Morgan fingerprint density at radius 2 is 2.18 bits per heavy atom. The molecule has 2 rings (SSSR count). The standard InChI is InChI=1S/C14H19NO2/c1-3-10(2)17-14(16)13-8-11-6-4-5-7-12(11)9-15-13/h4-7,10,13,15H,3,8-9H2,1-2H3/t10?,13-/m1/s1. The number of esters is 1. The van der Waals surface area contributed by atoms with E-state index in [2.05, 4.69) is 17.4 Å². The molecule has 0 saturated heterocycles. The lowest BCUT2D eigenvalue weighted by Crippen LogP contribution is -2.43. The van der Waals surface area contributed by atoms with Gasteiger partial charge in [0.15, 0.2) is 0 Å². The topological polar surface area (TPSA) is 38.3 Å². The van der Waals surface area contributed by atoms with E-state index < -0.39 is 0 Å². The van der Waals surface area contributed by atoms with Gasteiger partial charge >= 0.3 is 5.97 Å². The molecule has 3 nitrogen and oxygen atoms in total. The minimum atomic E-state index is -0.195. The molecule has 0 aromatic heterocycles. The average molecular weight is 233 g/mol. The first-order valence-electron chi connectivity index (χ1n) is 6.21. The van der Waals surface area contributed by atoms with Crippen LogP contribution in [0, 0.1) is 0 Å². The maximum absolute atomic E-state index is 11.9. The Labute approximate surface area is 102 Å². The van der Waals surface area contributed by atoms with Crippen LogP contribution in [0.5, 0.6) is 0 Å². The van der Waals surface area contributed by atoms with E-state index in [1.165, 1.54) is 11.1 Å². The first kappa shape index (κ1) is 12.1. The van der Waals surface area contributed by atoms with Crippen molar-refractivity contribution < 1.29 is 9.53 Å². The molecule has 1 N–H and O–H groups in total. The SMILES string of the molecule is CCC(C)OC(=O)[C@H]1Cc2ccccc2CN1. The molecule has 1 aliphatic rings. The highest BCUT2D eigenvalue weighted by Crippen LogP contribution is 2.17. The van der Waals surface area contributed by atoms with Crippen LogP contribution in [-0.2, 0) is 22.5 Å². The number of nitrogens with one attached hydrogen (secondary N) is 1. The van der Waals surface area contributed by atoms with Gasteiger partial charge in [0, 0.05) is 6.54 Å². The van der Waals surface area contributed by atoms with Crippen molar-refractivity contribution in [3.63, 3.8) is 0 Å². The summed E-state index contributed by atoms with van der Waals surface area (Å²) >= 11 is 0. The summed E-state index contributed by atoms with van der Waals surface area (Å²) in [6.45, 7) is 4.69. The highest BCUT2D eigenvalue weighted by molar-refractivity contribution is 5.76. The van der Waals surface area contributed by atoms with Gasteiger partial charge in [0.2, 0.25) is 0 Å². The molecule has 2 atom stereocenters. The molecule has 92 valence electrons. The van der Waals surface area contributed by atoms with Crippen LogP contribution in [0.15, 0.2) is 24.3 Å². The van der Waals surface area contributed by atoms with E-state index in [1.807, 2.05) is 26.0 Å². The van der Waals surface area contributed by atoms with Crippen LogP contribution in [-0.4, -0.2) is 18.1 Å². The third-order valence-corrected chi connectivity index (χ3v) is 3.26. The van der Waals surface area contributed by atoms with Gasteiger partial charge < -0.3 is 10.1 Å². The van der Waals surface area contributed by atoms with Gasteiger partial charge in [0.1, 0.15) is 6.04 Å². The molecule has 0 bridgehead atoms. The fourth-order valence-corrected chi connectivity index (χ4v) is 1.98. The van der Waals surface area contributed by atoms with Gasteiger partial charge in [-0.15, -0.1) is 0 Å². The Morgan fingerprint density at radius 1 is 1.47 bits per heavy atom. The molecule has 1 aliphatic heterocycles.